The van der Waals surface area contributed by atoms with E-state index in [0.717, 1.165) is 5.56 Å². The van der Waals surface area contributed by atoms with Crippen LogP contribution in [0.4, 0.5) is 4.79 Å². The Morgan fingerprint density at radius 1 is 1.07 bits per heavy atom. The number of alkyl carbamates (subject to hydrolysis) is 1. The van der Waals surface area contributed by atoms with Crippen LogP contribution in [0.1, 0.15) is 52.7 Å². The van der Waals surface area contributed by atoms with Gasteiger partial charge in [-0.25, -0.2) is 18.0 Å². The smallest absolute Gasteiger partial charge is 0.408 e. The van der Waals surface area contributed by atoms with Crippen molar-refractivity contribution in [2.24, 2.45) is 0 Å². The van der Waals surface area contributed by atoms with E-state index in [1.165, 1.54) is 12.1 Å². The highest BCUT2D eigenvalue weighted by Gasteiger charge is 2.29. The number of rotatable bonds is 5. The van der Waals surface area contributed by atoms with Gasteiger partial charge in [0, 0.05) is 17.1 Å². The van der Waals surface area contributed by atoms with Crippen molar-refractivity contribution >= 4 is 31.8 Å². The number of carbonyl (C=O) groups excluding carboxylic acids is 2. The number of esters is 1. The van der Waals surface area contributed by atoms with Crippen molar-refractivity contribution in [3.8, 4) is 0 Å². The number of nitrogens with one attached hydrogen (secondary N) is 1. The Labute approximate surface area is 171 Å². The number of hydrogen-bond acceptors (Lipinski definition) is 6. The molecule has 0 aliphatic heterocycles. The molecular formula is C19H28ClNO6S. The third-order valence-electron chi connectivity index (χ3n) is 3.41. The molecule has 1 aromatic rings. The van der Waals surface area contributed by atoms with E-state index in [9.17, 15) is 18.0 Å². The lowest BCUT2D eigenvalue weighted by Gasteiger charge is -2.26. The Bertz CT molecular complexity index is 837. The van der Waals surface area contributed by atoms with Crippen LogP contribution in [0.2, 0.25) is 0 Å². The SMILES string of the molecule is Cc1ccc(S(=O)(=O)Cl)cc1C[C@H](NC(=O)OC(C)(C)C)C(=O)OC(C)(C)C. The lowest BCUT2D eigenvalue weighted by molar-refractivity contribution is -0.157. The molecule has 1 N–H and O–H groups in total. The highest BCUT2D eigenvalue weighted by Crippen LogP contribution is 2.21. The lowest BCUT2D eigenvalue weighted by Crippen LogP contribution is -2.47. The fourth-order valence-electron chi connectivity index (χ4n) is 2.26. The van der Waals surface area contributed by atoms with Crippen LogP contribution in [0.15, 0.2) is 23.1 Å². The van der Waals surface area contributed by atoms with Crippen molar-refractivity contribution in [2.45, 2.75) is 77.0 Å². The summed E-state index contributed by atoms with van der Waals surface area (Å²) in [5.41, 5.74) is -0.232. The van der Waals surface area contributed by atoms with E-state index in [1.54, 1.807) is 54.5 Å². The van der Waals surface area contributed by atoms with Gasteiger partial charge in [0.05, 0.1) is 4.90 Å². The van der Waals surface area contributed by atoms with Crippen molar-refractivity contribution in [1.82, 2.24) is 5.32 Å². The Morgan fingerprint density at radius 3 is 2.07 bits per heavy atom. The van der Waals surface area contributed by atoms with Crippen molar-refractivity contribution in [2.75, 3.05) is 0 Å². The first kappa shape index (κ1) is 24.2. The topological polar surface area (TPSA) is 98.8 Å². The van der Waals surface area contributed by atoms with Crippen molar-refractivity contribution < 1.29 is 27.5 Å². The number of benzene rings is 1. The van der Waals surface area contributed by atoms with E-state index >= 15 is 0 Å². The van der Waals surface area contributed by atoms with E-state index in [1.807, 2.05) is 0 Å². The first-order valence-corrected chi connectivity index (χ1v) is 11.1. The van der Waals surface area contributed by atoms with Gasteiger partial charge in [-0.3, -0.25) is 0 Å². The molecule has 0 bridgehead atoms. The molecule has 0 saturated heterocycles. The maximum atomic E-state index is 12.6. The Kier molecular flexibility index (Phi) is 7.53. The Morgan fingerprint density at radius 2 is 1.61 bits per heavy atom. The number of ether oxygens (including phenoxy) is 2. The number of amides is 1. The van der Waals surface area contributed by atoms with Crippen LogP contribution in [-0.2, 0) is 29.7 Å². The van der Waals surface area contributed by atoms with Crippen LogP contribution in [0.3, 0.4) is 0 Å². The van der Waals surface area contributed by atoms with Crippen molar-refractivity contribution in [3.63, 3.8) is 0 Å². The standard InChI is InChI=1S/C19H28ClNO6S/c1-12-8-9-14(28(20,24)25)10-13(12)11-15(16(22)26-18(2,3)4)21-17(23)27-19(5,6)7/h8-10,15H,11H2,1-7H3,(H,21,23)/t15-/m0/s1. The second-order valence-corrected chi connectivity index (χ2v) is 11.0. The van der Waals surface area contributed by atoms with Crippen LogP contribution >= 0.6 is 10.7 Å². The summed E-state index contributed by atoms with van der Waals surface area (Å²) in [7, 11) is 1.49. The molecule has 0 heterocycles. The van der Waals surface area contributed by atoms with Gasteiger partial charge in [-0.2, -0.15) is 0 Å². The molecule has 7 nitrogen and oxygen atoms in total. The highest BCUT2D eigenvalue weighted by molar-refractivity contribution is 8.13. The predicted molar refractivity (Wildman–Crippen MR) is 107 cm³/mol. The third kappa shape index (κ3) is 8.48. The second kappa shape index (κ2) is 8.69. The van der Waals surface area contributed by atoms with Crippen LogP contribution in [0.5, 0.6) is 0 Å². The average Bonchev–Trinajstić information content (AvgIpc) is 2.43. The minimum Gasteiger partial charge on any atom is -0.458 e. The van der Waals surface area contributed by atoms with Crippen LogP contribution in [0, 0.1) is 6.92 Å². The highest BCUT2D eigenvalue weighted by atomic mass is 35.7. The van der Waals surface area contributed by atoms with Crippen molar-refractivity contribution in [1.29, 1.82) is 0 Å². The van der Waals surface area contributed by atoms with E-state index in [4.69, 9.17) is 20.2 Å². The zero-order chi connectivity index (χ0) is 21.9. The van der Waals surface area contributed by atoms with E-state index in [0.29, 0.717) is 5.56 Å². The Hall–Kier alpha value is -1.80. The summed E-state index contributed by atoms with van der Waals surface area (Å²) in [6.07, 6.45) is -0.762. The van der Waals surface area contributed by atoms with Gasteiger partial charge in [0.2, 0.25) is 0 Å². The zero-order valence-electron chi connectivity index (χ0n) is 17.3. The summed E-state index contributed by atoms with van der Waals surface area (Å²) in [5.74, 6) is -0.656. The molecular weight excluding hydrogens is 406 g/mol. The molecule has 0 spiro atoms. The van der Waals surface area contributed by atoms with Crippen molar-refractivity contribution in [3.05, 3.63) is 29.3 Å². The fraction of sp³-hybridized carbons (Fsp3) is 0.579. The van der Waals surface area contributed by atoms with Gasteiger partial charge in [-0.1, -0.05) is 6.07 Å². The summed E-state index contributed by atoms with van der Waals surface area (Å²) in [6.45, 7) is 12.0. The van der Waals surface area contributed by atoms with Gasteiger partial charge in [-0.05, 0) is 71.7 Å². The number of aryl methyl sites for hydroxylation is 1. The van der Waals surface area contributed by atoms with Crippen LogP contribution in [-0.4, -0.2) is 37.7 Å². The van der Waals surface area contributed by atoms with Crippen LogP contribution in [0.25, 0.3) is 0 Å². The summed E-state index contributed by atoms with van der Waals surface area (Å²) >= 11 is 0. The quantitative estimate of drug-likeness (QED) is 0.561. The third-order valence-corrected chi connectivity index (χ3v) is 4.76. The molecule has 1 aromatic carbocycles. The summed E-state index contributed by atoms with van der Waals surface area (Å²) in [5, 5.41) is 2.51. The molecule has 0 saturated carbocycles. The van der Waals surface area contributed by atoms with Gasteiger partial charge in [0.15, 0.2) is 0 Å². The average molecular weight is 434 g/mol. The Balaban J connectivity index is 3.18. The molecule has 1 amide bonds. The maximum Gasteiger partial charge on any atom is 0.408 e. The fourth-order valence-corrected chi connectivity index (χ4v) is 3.06. The maximum absolute atomic E-state index is 12.6. The molecule has 28 heavy (non-hydrogen) atoms. The molecule has 1 rings (SSSR count). The van der Waals surface area contributed by atoms with Gasteiger partial charge >= 0.3 is 12.1 Å². The van der Waals surface area contributed by atoms with Gasteiger partial charge < -0.3 is 14.8 Å². The molecule has 0 aliphatic rings. The van der Waals surface area contributed by atoms with Gasteiger partial charge in [0.1, 0.15) is 17.2 Å². The van der Waals surface area contributed by atoms with E-state index < -0.39 is 38.4 Å². The molecule has 158 valence electrons. The first-order chi connectivity index (χ1) is 12.5. The summed E-state index contributed by atoms with van der Waals surface area (Å²) in [6, 6.07) is 3.28. The summed E-state index contributed by atoms with van der Waals surface area (Å²) in [4.78, 5) is 24.7. The minimum atomic E-state index is -3.93. The predicted octanol–water partition coefficient (Wildman–Crippen LogP) is 3.70. The van der Waals surface area contributed by atoms with Gasteiger partial charge in [-0.15, -0.1) is 0 Å². The first-order valence-electron chi connectivity index (χ1n) is 8.74. The zero-order valence-corrected chi connectivity index (χ0v) is 18.8. The minimum absolute atomic E-state index is 0.0141. The molecule has 0 radical (unpaired) electrons. The number of carbonyl (C=O) groups is 2. The second-order valence-electron chi connectivity index (χ2n) is 8.46. The normalized spacial score (nSPS) is 13.6. The molecule has 0 unspecified atom stereocenters. The molecule has 0 aliphatic carbocycles. The number of hydrogen-bond donors (Lipinski definition) is 1. The van der Waals surface area contributed by atoms with Crippen LogP contribution < -0.4 is 5.32 Å². The molecule has 1 atom stereocenters. The molecule has 0 fully saturated rings. The van der Waals surface area contributed by atoms with Gasteiger partial charge in [0.25, 0.3) is 9.05 Å². The largest absolute Gasteiger partial charge is 0.458 e. The molecule has 0 aromatic heterocycles. The monoisotopic (exact) mass is 433 g/mol. The summed E-state index contributed by atoms with van der Waals surface area (Å²) < 4.78 is 33.9. The van der Waals surface area contributed by atoms with E-state index in [2.05, 4.69) is 5.32 Å². The molecule has 9 heteroatoms. The van der Waals surface area contributed by atoms with E-state index in [-0.39, 0.29) is 11.3 Å². The number of halogens is 1. The lowest BCUT2D eigenvalue weighted by atomic mass is 10.0.